The molecular formula is C6H3AgBr2O3S. The van der Waals surface area contributed by atoms with Crippen molar-refractivity contribution in [3.8, 4) is 0 Å². The van der Waals surface area contributed by atoms with Crippen LogP contribution in [0.25, 0.3) is 0 Å². The Kier molecular flexibility index (Phi) is 5.39. The summed E-state index contributed by atoms with van der Waals surface area (Å²) in [6, 6.07) is 4.00. The molecule has 0 aliphatic heterocycles. The average Bonchev–Trinajstić information content (AvgIpc) is 1.92. The van der Waals surface area contributed by atoms with Gasteiger partial charge in [0.2, 0.25) is 0 Å². The van der Waals surface area contributed by atoms with Crippen LogP contribution < -0.4 is 0 Å². The van der Waals surface area contributed by atoms with Gasteiger partial charge in [-0.2, -0.15) is 0 Å². The largest absolute Gasteiger partial charge is 1.00 e. The predicted molar refractivity (Wildman–Crippen MR) is 49.8 cm³/mol. The van der Waals surface area contributed by atoms with Crippen LogP contribution in [-0.2, 0) is 32.5 Å². The molecule has 0 aliphatic rings. The van der Waals surface area contributed by atoms with Crippen molar-refractivity contribution in [2.24, 2.45) is 0 Å². The minimum Gasteiger partial charge on any atom is -0.744 e. The zero-order chi connectivity index (χ0) is 9.35. The third-order valence-corrected chi connectivity index (χ3v) is 3.89. The summed E-state index contributed by atoms with van der Waals surface area (Å²) in [5.74, 6) is 0. The first-order valence-electron chi connectivity index (χ1n) is 2.82. The van der Waals surface area contributed by atoms with Gasteiger partial charge in [-0.15, -0.1) is 0 Å². The molecule has 0 N–H and O–H groups in total. The Morgan fingerprint density at radius 2 is 1.69 bits per heavy atom. The maximum absolute atomic E-state index is 10.5. The minimum absolute atomic E-state index is 0. The number of rotatable bonds is 1. The molecule has 0 spiro atoms. The van der Waals surface area contributed by atoms with E-state index in [1.807, 2.05) is 0 Å². The monoisotopic (exact) mass is 420 g/mol. The predicted octanol–water partition coefficient (Wildman–Crippen LogP) is 2.11. The zero-order valence-corrected chi connectivity index (χ0v) is 11.4. The van der Waals surface area contributed by atoms with Crippen molar-refractivity contribution in [2.75, 3.05) is 0 Å². The van der Waals surface area contributed by atoms with Crippen LogP contribution in [0.2, 0.25) is 0 Å². The molecule has 0 saturated carbocycles. The Hall–Kier alpha value is 0.830. The van der Waals surface area contributed by atoms with Crippen molar-refractivity contribution in [1.82, 2.24) is 0 Å². The van der Waals surface area contributed by atoms with Gasteiger partial charge < -0.3 is 4.55 Å². The Bertz CT molecular complexity index is 404. The second-order valence-corrected chi connectivity index (χ2v) is 5.12. The topological polar surface area (TPSA) is 57.2 Å². The Balaban J connectivity index is 0.00000144. The first-order chi connectivity index (χ1) is 5.41. The summed E-state index contributed by atoms with van der Waals surface area (Å²) in [7, 11) is -4.34. The number of hydrogen-bond acceptors (Lipinski definition) is 3. The quantitative estimate of drug-likeness (QED) is 0.514. The molecule has 1 aromatic rings. The van der Waals surface area contributed by atoms with Gasteiger partial charge in [0.05, 0.1) is 4.90 Å². The van der Waals surface area contributed by atoms with Crippen LogP contribution in [0.15, 0.2) is 32.0 Å². The zero-order valence-electron chi connectivity index (χ0n) is 5.92. The van der Waals surface area contributed by atoms with Crippen molar-refractivity contribution in [1.29, 1.82) is 0 Å². The molecule has 7 heteroatoms. The first-order valence-corrected chi connectivity index (χ1v) is 5.81. The van der Waals surface area contributed by atoms with E-state index in [1.54, 1.807) is 0 Å². The van der Waals surface area contributed by atoms with E-state index in [-0.39, 0.29) is 27.3 Å². The number of benzene rings is 1. The van der Waals surface area contributed by atoms with Crippen LogP contribution in [-0.4, -0.2) is 13.0 Å². The summed E-state index contributed by atoms with van der Waals surface area (Å²) < 4.78 is 32.8. The van der Waals surface area contributed by atoms with Gasteiger partial charge in [0.25, 0.3) is 0 Å². The van der Waals surface area contributed by atoms with Gasteiger partial charge in [0, 0.05) is 8.95 Å². The fourth-order valence-electron chi connectivity index (χ4n) is 0.632. The Labute approximate surface area is 108 Å². The molecule has 0 bridgehead atoms. The van der Waals surface area contributed by atoms with E-state index in [9.17, 15) is 13.0 Å². The van der Waals surface area contributed by atoms with E-state index in [0.717, 1.165) is 0 Å². The van der Waals surface area contributed by atoms with Crippen molar-refractivity contribution >= 4 is 42.0 Å². The smallest absolute Gasteiger partial charge is 0.744 e. The van der Waals surface area contributed by atoms with Crippen molar-refractivity contribution < 1.29 is 35.4 Å². The Morgan fingerprint density at radius 1 is 1.15 bits per heavy atom. The standard InChI is InChI=1S/C6H4Br2O3S.Ag/c7-5-2-1-4(3-6(5)8)12(9,10)11;/h1-3H,(H,9,10,11);/q;+1/p-1. The van der Waals surface area contributed by atoms with E-state index >= 15 is 0 Å². The molecule has 0 aliphatic carbocycles. The van der Waals surface area contributed by atoms with Crippen LogP contribution in [0.4, 0.5) is 0 Å². The van der Waals surface area contributed by atoms with Crippen LogP contribution in [0.5, 0.6) is 0 Å². The third-order valence-electron chi connectivity index (χ3n) is 1.18. The van der Waals surface area contributed by atoms with Gasteiger partial charge >= 0.3 is 22.4 Å². The van der Waals surface area contributed by atoms with Gasteiger partial charge in [-0.05, 0) is 50.1 Å². The van der Waals surface area contributed by atoms with E-state index in [1.165, 1.54) is 18.2 Å². The average molecular weight is 423 g/mol. The number of halogens is 2. The molecule has 0 aromatic heterocycles. The van der Waals surface area contributed by atoms with Crippen LogP contribution in [0.1, 0.15) is 0 Å². The molecule has 13 heavy (non-hydrogen) atoms. The number of hydrogen-bond donors (Lipinski definition) is 0. The van der Waals surface area contributed by atoms with Crippen molar-refractivity contribution in [3.63, 3.8) is 0 Å². The van der Waals surface area contributed by atoms with Gasteiger partial charge in [-0.1, -0.05) is 0 Å². The molecule has 3 nitrogen and oxygen atoms in total. The van der Waals surface area contributed by atoms with Gasteiger partial charge in [0.1, 0.15) is 10.1 Å². The molecule has 1 rings (SSSR count). The normalized spacial score (nSPS) is 10.7. The second kappa shape index (κ2) is 5.06. The summed E-state index contributed by atoms with van der Waals surface area (Å²) in [5.41, 5.74) is 0. The first kappa shape index (κ1) is 13.8. The summed E-state index contributed by atoms with van der Waals surface area (Å²) in [5, 5.41) is 0. The van der Waals surface area contributed by atoms with Crippen molar-refractivity contribution in [2.45, 2.75) is 4.90 Å². The molecule has 0 heterocycles. The molecule has 0 amide bonds. The summed E-state index contributed by atoms with van der Waals surface area (Å²) >= 11 is 6.24. The molecule has 76 valence electrons. The fraction of sp³-hybridized carbons (Fsp3) is 0. The van der Waals surface area contributed by atoms with Gasteiger partial charge in [0.15, 0.2) is 0 Å². The minimum atomic E-state index is -4.34. The molecule has 0 fully saturated rings. The van der Waals surface area contributed by atoms with Gasteiger partial charge in [-0.3, -0.25) is 0 Å². The van der Waals surface area contributed by atoms with E-state index in [0.29, 0.717) is 8.95 Å². The fourth-order valence-corrected chi connectivity index (χ4v) is 1.91. The van der Waals surface area contributed by atoms with E-state index < -0.39 is 10.1 Å². The van der Waals surface area contributed by atoms with E-state index in [4.69, 9.17) is 0 Å². The molecule has 0 atom stereocenters. The summed E-state index contributed by atoms with van der Waals surface area (Å²) in [6.45, 7) is 0. The van der Waals surface area contributed by atoms with Crippen LogP contribution in [0, 0.1) is 0 Å². The molecule has 0 radical (unpaired) electrons. The maximum atomic E-state index is 10.5. The SMILES string of the molecule is O=S(=O)([O-])c1ccc(Br)c(Br)c1.[Ag+]. The van der Waals surface area contributed by atoms with Crippen molar-refractivity contribution in [3.05, 3.63) is 27.1 Å². The van der Waals surface area contributed by atoms with Crippen LogP contribution in [0.3, 0.4) is 0 Å². The molecular weight excluding hydrogens is 420 g/mol. The van der Waals surface area contributed by atoms with Gasteiger partial charge in [-0.25, -0.2) is 8.42 Å². The maximum Gasteiger partial charge on any atom is 1.00 e. The second-order valence-electron chi connectivity index (χ2n) is 2.03. The molecule has 1 aromatic carbocycles. The molecule has 0 saturated heterocycles. The summed E-state index contributed by atoms with van der Waals surface area (Å²) in [6.07, 6.45) is 0. The molecule has 0 unspecified atom stereocenters. The Morgan fingerprint density at radius 3 is 2.08 bits per heavy atom. The third kappa shape index (κ3) is 3.83. The summed E-state index contributed by atoms with van der Waals surface area (Å²) in [4.78, 5) is -0.238. The van der Waals surface area contributed by atoms with Crippen LogP contribution >= 0.6 is 31.9 Å². The van der Waals surface area contributed by atoms with E-state index in [2.05, 4.69) is 31.9 Å².